The zero-order valence-corrected chi connectivity index (χ0v) is 10.9. The molecular formula is C11H10BrN3S. The number of rotatable bonds is 1. The number of anilines is 1. The maximum Gasteiger partial charge on any atom is 0.195 e. The largest absolute Gasteiger partial charge is 0.354 e. The molecule has 0 radical (unpaired) electrons. The van der Waals surface area contributed by atoms with Crippen LogP contribution in [0.3, 0.4) is 0 Å². The molecule has 0 bridgehead atoms. The summed E-state index contributed by atoms with van der Waals surface area (Å²) in [7, 11) is 0. The van der Waals surface area contributed by atoms with Gasteiger partial charge in [-0.1, -0.05) is 6.07 Å². The summed E-state index contributed by atoms with van der Waals surface area (Å²) in [5.41, 5.74) is 1.10. The van der Waals surface area contributed by atoms with Gasteiger partial charge in [-0.15, -0.1) is 11.3 Å². The lowest BCUT2D eigenvalue weighted by atomic mass is 10.2. The Balaban J connectivity index is 2.05. The molecule has 1 aliphatic rings. The van der Waals surface area contributed by atoms with Crippen molar-refractivity contribution in [3.63, 3.8) is 0 Å². The zero-order valence-electron chi connectivity index (χ0n) is 8.46. The van der Waals surface area contributed by atoms with Crippen LogP contribution in [-0.2, 0) is 0 Å². The predicted molar refractivity (Wildman–Crippen MR) is 73.5 cm³/mol. The Morgan fingerprint density at radius 1 is 1.44 bits per heavy atom. The second kappa shape index (κ2) is 4.07. The molecule has 1 aromatic heterocycles. The molecule has 0 unspecified atom stereocenters. The standard InChI is InChI=1S/C11H10BrN3S/c12-7-6-16-9-3-1-2-8(10(7)9)15-11-13-4-5-14-11/h1-3,6H,4-5H2,(H2,13,14,15). The van der Waals surface area contributed by atoms with Gasteiger partial charge >= 0.3 is 0 Å². The maximum absolute atomic E-state index is 4.33. The van der Waals surface area contributed by atoms with Gasteiger partial charge in [-0.05, 0) is 28.1 Å². The van der Waals surface area contributed by atoms with E-state index in [1.54, 1.807) is 11.3 Å². The lowest BCUT2D eigenvalue weighted by Crippen LogP contribution is -2.26. The van der Waals surface area contributed by atoms with Crippen molar-refractivity contribution in [3.8, 4) is 0 Å². The third-order valence-corrected chi connectivity index (χ3v) is 4.36. The fraction of sp³-hybridized carbons (Fsp3) is 0.182. The molecule has 1 aliphatic heterocycles. The van der Waals surface area contributed by atoms with Gasteiger partial charge in [-0.3, -0.25) is 4.99 Å². The van der Waals surface area contributed by atoms with Crippen molar-refractivity contribution >= 4 is 49.0 Å². The van der Waals surface area contributed by atoms with Crippen molar-refractivity contribution in [3.05, 3.63) is 28.1 Å². The third kappa shape index (κ3) is 1.70. The molecule has 82 valence electrons. The molecule has 0 saturated carbocycles. The summed E-state index contributed by atoms with van der Waals surface area (Å²) in [5.74, 6) is 0.866. The Labute approximate surface area is 106 Å². The molecule has 5 heteroatoms. The number of guanidine groups is 1. The summed E-state index contributed by atoms with van der Waals surface area (Å²) in [6.45, 7) is 1.77. The molecule has 0 saturated heterocycles. The van der Waals surface area contributed by atoms with E-state index >= 15 is 0 Å². The smallest absolute Gasteiger partial charge is 0.195 e. The maximum atomic E-state index is 4.33. The SMILES string of the molecule is Brc1csc2cccc(NC3=NCCN3)c12. The number of halogens is 1. The first-order valence-electron chi connectivity index (χ1n) is 5.05. The van der Waals surface area contributed by atoms with Crippen LogP contribution in [0.5, 0.6) is 0 Å². The lowest BCUT2D eigenvalue weighted by Gasteiger charge is -2.08. The molecule has 2 aromatic rings. The van der Waals surface area contributed by atoms with Gasteiger partial charge in [0.05, 0.1) is 12.2 Å². The summed E-state index contributed by atoms with van der Waals surface area (Å²) in [6, 6.07) is 6.26. The quantitative estimate of drug-likeness (QED) is 0.848. The van der Waals surface area contributed by atoms with Gasteiger partial charge < -0.3 is 10.6 Å². The summed E-state index contributed by atoms with van der Waals surface area (Å²) in [4.78, 5) is 4.33. The first-order valence-corrected chi connectivity index (χ1v) is 6.73. The topological polar surface area (TPSA) is 36.4 Å². The molecule has 3 rings (SSSR count). The summed E-state index contributed by atoms with van der Waals surface area (Å²) >= 11 is 5.32. The number of hydrogen-bond acceptors (Lipinski definition) is 4. The monoisotopic (exact) mass is 295 g/mol. The lowest BCUT2D eigenvalue weighted by molar-refractivity contribution is 0.959. The van der Waals surface area contributed by atoms with E-state index in [2.05, 4.69) is 55.1 Å². The molecule has 0 aliphatic carbocycles. The van der Waals surface area contributed by atoms with E-state index in [0.29, 0.717) is 0 Å². The molecule has 3 nitrogen and oxygen atoms in total. The van der Waals surface area contributed by atoms with E-state index in [1.165, 1.54) is 10.1 Å². The van der Waals surface area contributed by atoms with Crippen LogP contribution < -0.4 is 10.6 Å². The van der Waals surface area contributed by atoms with Gasteiger partial charge in [-0.2, -0.15) is 0 Å². The number of nitrogens with one attached hydrogen (secondary N) is 2. The number of fused-ring (bicyclic) bond motifs is 1. The number of benzene rings is 1. The second-order valence-corrected chi connectivity index (χ2v) is 5.31. The van der Waals surface area contributed by atoms with E-state index in [-0.39, 0.29) is 0 Å². The number of hydrogen-bond donors (Lipinski definition) is 2. The van der Waals surface area contributed by atoms with Gasteiger partial charge in [-0.25, -0.2) is 0 Å². The molecule has 2 heterocycles. The van der Waals surface area contributed by atoms with Gasteiger partial charge in [0, 0.05) is 26.5 Å². The van der Waals surface area contributed by atoms with Gasteiger partial charge in [0.15, 0.2) is 5.96 Å². The van der Waals surface area contributed by atoms with Crippen LogP contribution in [0, 0.1) is 0 Å². The minimum atomic E-state index is 0.850. The van der Waals surface area contributed by atoms with Gasteiger partial charge in [0.2, 0.25) is 0 Å². The first-order chi connectivity index (χ1) is 7.84. The Hall–Kier alpha value is -1.07. The highest BCUT2D eigenvalue weighted by molar-refractivity contribution is 9.10. The Kier molecular flexibility index (Phi) is 2.57. The van der Waals surface area contributed by atoms with Crippen LogP contribution in [0.1, 0.15) is 0 Å². The number of thiophene rings is 1. The van der Waals surface area contributed by atoms with Crippen molar-refractivity contribution in [2.75, 3.05) is 18.4 Å². The fourth-order valence-electron chi connectivity index (χ4n) is 1.76. The average Bonchev–Trinajstić information content (AvgIpc) is 2.90. The Morgan fingerprint density at radius 3 is 3.19 bits per heavy atom. The summed E-state index contributed by atoms with van der Waals surface area (Å²) in [5, 5.41) is 9.87. The summed E-state index contributed by atoms with van der Waals surface area (Å²) < 4.78 is 2.41. The minimum Gasteiger partial charge on any atom is -0.354 e. The van der Waals surface area contributed by atoms with Crippen LogP contribution in [0.4, 0.5) is 5.69 Å². The van der Waals surface area contributed by atoms with E-state index in [4.69, 9.17) is 0 Å². The molecule has 0 fully saturated rings. The second-order valence-electron chi connectivity index (χ2n) is 3.54. The fourth-order valence-corrected chi connectivity index (χ4v) is 3.45. The van der Waals surface area contributed by atoms with Crippen LogP contribution in [0.2, 0.25) is 0 Å². The van der Waals surface area contributed by atoms with Gasteiger partial charge in [0.25, 0.3) is 0 Å². The zero-order chi connectivity index (χ0) is 11.0. The van der Waals surface area contributed by atoms with E-state index in [0.717, 1.165) is 29.2 Å². The highest BCUT2D eigenvalue weighted by Gasteiger charge is 2.10. The van der Waals surface area contributed by atoms with Crippen LogP contribution in [0.25, 0.3) is 10.1 Å². The highest BCUT2D eigenvalue weighted by Crippen LogP contribution is 2.35. The molecule has 0 atom stereocenters. The van der Waals surface area contributed by atoms with Crippen molar-refractivity contribution in [2.45, 2.75) is 0 Å². The third-order valence-electron chi connectivity index (χ3n) is 2.48. The van der Waals surface area contributed by atoms with E-state index < -0.39 is 0 Å². The average molecular weight is 296 g/mol. The van der Waals surface area contributed by atoms with E-state index in [1.807, 2.05) is 0 Å². The van der Waals surface area contributed by atoms with Gasteiger partial charge in [0.1, 0.15) is 0 Å². The van der Waals surface area contributed by atoms with Crippen molar-refractivity contribution < 1.29 is 0 Å². The molecule has 1 aromatic carbocycles. The summed E-state index contributed by atoms with van der Waals surface area (Å²) in [6.07, 6.45) is 0. The first kappa shape index (κ1) is 10.1. The van der Waals surface area contributed by atoms with E-state index in [9.17, 15) is 0 Å². The predicted octanol–water partition coefficient (Wildman–Crippen LogP) is 3.03. The van der Waals surface area contributed by atoms with Crippen molar-refractivity contribution in [2.24, 2.45) is 4.99 Å². The minimum absolute atomic E-state index is 0.850. The number of nitrogens with zero attached hydrogens (tertiary/aromatic N) is 1. The molecule has 0 amide bonds. The van der Waals surface area contributed by atoms with Crippen LogP contribution >= 0.6 is 27.3 Å². The molecule has 2 N–H and O–H groups in total. The Morgan fingerprint density at radius 2 is 2.38 bits per heavy atom. The van der Waals surface area contributed by atoms with Crippen LogP contribution in [-0.4, -0.2) is 19.0 Å². The van der Waals surface area contributed by atoms with Crippen molar-refractivity contribution in [1.82, 2.24) is 5.32 Å². The molecule has 0 spiro atoms. The number of aliphatic imine (C=N–C) groups is 1. The molecule has 16 heavy (non-hydrogen) atoms. The normalized spacial score (nSPS) is 14.9. The molecular weight excluding hydrogens is 286 g/mol. The highest BCUT2D eigenvalue weighted by atomic mass is 79.9. The Bertz CT molecular complexity index is 561. The van der Waals surface area contributed by atoms with Crippen molar-refractivity contribution in [1.29, 1.82) is 0 Å². The van der Waals surface area contributed by atoms with Crippen LogP contribution in [0.15, 0.2) is 33.0 Å².